The molecule has 1 aliphatic heterocycles. The van der Waals surface area contributed by atoms with Gasteiger partial charge in [0.25, 0.3) is 11.5 Å². The van der Waals surface area contributed by atoms with Crippen molar-refractivity contribution in [2.75, 3.05) is 38.1 Å². The molecular formula is C20H24ClN5O2. The van der Waals surface area contributed by atoms with E-state index >= 15 is 0 Å². The van der Waals surface area contributed by atoms with Crippen molar-refractivity contribution in [1.29, 1.82) is 0 Å². The van der Waals surface area contributed by atoms with Crippen LogP contribution < -0.4 is 15.8 Å². The summed E-state index contributed by atoms with van der Waals surface area (Å²) in [5, 5.41) is 3.23. The highest BCUT2D eigenvalue weighted by atomic mass is 35.5. The van der Waals surface area contributed by atoms with Gasteiger partial charge in [0.2, 0.25) is 0 Å². The van der Waals surface area contributed by atoms with Crippen LogP contribution in [-0.4, -0.2) is 59.6 Å². The third-order valence-corrected chi connectivity index (χ3v) is 5.49. The van der Waals surface area contributed by atoms with E-state index in [4.69, 9.17) is 11.6 Å². The topological polar surface area (TPSA) is 70.5 Å². The highest BCUT2D eigenvalue weighted by Gasteiger charge is 2.25. The normalized spacial score (nSPS) is 17.6. The number of carbonyl (C=O) groups is 1. The first-order valence-corrected chi connectivity index (χ1v) is 9.95. The Labute approximate surface area is 168 Å². The average molecular weight is 402 g/mol. The van der Waals surface area contributed by atoms with Crippen molar-refractivity contribution in [2.24, 2.45) is 0 Å². The number of hydrogen-bond donors (Lipinski definition) is 1. The third-order valence-electron chi connectivity index (χ3n) is 5.30. The molecule has 7 nitrogen and oxygen atoms in total. The van der Waals surface area contributed by atoms with Crippen LogP contribution in [0.2, 0.25) is 5.15 Å². The Morgan fingerprint density at radius 1 is 1.21 bits per heavy atom. The van der Waals surface area contributed by atoms with Gasteiger partial charge in [0, 0.05) is 37.8 Å². The summed E-state index contributed by atoms with van der Waals surface area (Å²) in [7, 11) is 2.06. The number of carbonyl (C=O) groups excluding carboxylic acids is 1. The van der Waals surface area contributed by atoms with Crippen LogP contribution >= 0.6 is 11.6 Å². The molecule has 148 valence electrons. The second-order valence-corrected chi connectivity index (χ2v) is 7.99. The van der Waals surface area contributed by atoms with Gasteiger partial charge in [-0.1, -0.05) is 17.7 Å². The van der Waals surface area contributed by atoms with Gasteiger partial charge in [-0.2, -0.15) is 0 Å². The molecule has 1 aromatic carbocycles. The highest BCUT2D eigenvalue weighted by Crippen LogP contribution is 2.22. The second-order valence-electron chi connectivity index (χ2n) is 7.60. The SMILES string of the molecule is Cc1ccc(C(=O)NC2CC2)cc1-n1cc(Cl)nc(N2CCN(C)CC2)c1=O. The zero-order chi connectivity index (χ0) is 19.8. The van der Waals surface area contributed by atoms with Crippen LogP contribution in [0, 0.1) is 6.92 Å². The summed E-state index contributed by atoms with van der Waals surface area (Å²) in [6.45, 7) is 5.09. The molecule has 2 fully saturated rings. The summed E-state index contributed by atoms with van der Waals surface area (Å²) in [6, 6.07) is 5.66. The molecule has 1 aromatic heterocycles. The molecule has 2 aromatic rings. The summed E-state index contributed by atoms with van der Waals surface area (Å²) in [5.41, 5.74) is 1.84. The first kappa shape index (κ1) is 19.0. The number of benzene rings is 1. The second kappa shape index (κ2) is 7.56. The number of hydrogen-bond acceptors (Lipinski definition) is 5. The number of piperazine rings is 1. The minimum Gasteiger partial charge on any atom is -0.349 e. The average Bonchev–Trinajstić information content (AvgIpc) is 3.48. The molecule has 0 radical (unpaired) electrons. The van der Waals surface area contributed by atoms with Crippen LogP contribution in [0.5, 0.6) is 0 Å². The van der Waals surface area contributed by atoms with Crippen LogP contribution in [0.25, 0.3) is 5.69 Å². The molecule has 1 saturated carbocycles. The van der Waals surface area contributed by atoms with Gasteiger partial charge in [-0.3, -0.25) is 14.2 Å². The predicted octanol–water partition coefficient (Wildman–Crippen LogP) is 1.84. The summed E-state index contributed by atoms with van der Waals surface area (Å²) in [5.74, 6) is 0.240. The fourth-order valence-corrected chi connectivity index (χ4v) is 3.54. The minimum atomic E-state index is -0.225. The van der Waals surface area contributed by atoms with Gasteiger partial charge in [0.05, 0.1) is 11.9 Å². The van der Waals surface area contributed by atoms with Crippen molar-refractivity contribution in [3.05, 3.63) is 51.0 Å². The highest BCUT2D eigenvalue weighted by molar-refractivity contribution is 6.29. The molecule has 1 aliphatic carbocycles. The maximum Gasteiger partial charge on any atom is 0.298 e. The van der Waals surface area contributed by atoms with Gasteiger partial charge in [0.15, 0.2) is 5.82 Å². The molecule has 2 aliphatic rings. The van der Waals surface area contributed by atoms with Crippen molar-refractivity contribution in [3.63, 3.8) is 0 Å². The molecule has 0 unspecified atom stereocenters. The molecule has 2 heterocycles. The van der Waals surface area contributed by atoms with E-state index in [9.17, 15) is 9.59 Å². The third kappa shape index (κ3) is 3.91. The van der Waals surface area contributed by atoms with Crippen molar-refractivity contribution < 1.29 is 4.79 Å². The van der Waals surface area contributed by atoms with Crippen LogP contribution in [0.3, 0.4) is 0 Å². The number of anilines is 1. The summed E-state index contributed by atoms with van der Waals surface area (Å²) >= 11 is 6.26. The number of aryl methyl sites for hydroxylation is 1. The van der Waals surface area contributed by atoms with E-state index in [1.165, 1.54) is 10.8 Å². The number of likely N-dealkylation sites (N-methyl/N-ethyl adjacent to an activating group) is 1. The summed E-state index contributed by atoms with van der Waals surface area (Å²) < 4.78 is 1.51. The Morgan fingerprint density at radius 2 is 1.93 bits per heavy atom. The quantitative estimate of drug-likeness (QED) is 0.846. The van der Waals surface area contributed by atoms with E-state index in [2.05, 4.69) is 22.2 Å². The lowest BCUT2D eigenvalue weighted by Crippen LogP contribution is -2.47. The molecule has 1 N–H and O–H groups in total. The lowest BCUT2D eigenvalue weighted by atomic mass is 10.1. The van der Waals surface area contributed by atoms with Gasteiger partial charge >= 0.3 is 0 Å². The molecule has 0 spiro atoms. The molecule has 8 heteroatoms. The molecule has 1 amide bonds. The van der Waals surface area contributed by atoms with Gasteiger partial charge in [0.1, 0.15) is 5.15 Å². The zero-order valence-corrected chi connectivity index (χ0v) is 16.9. The molecule has 28 heavy (non-hydrogen) atoms. The molecule has 4 rings (SSSR count). The van der Waals surface area contributed by atoms with Gasteiger partial charge < -0.3 is 15.1 Å². The van der Waals surface area contributed by atoms with Crippen molar-refractivity contribution in [3.8, 4) is 5.69 Å². The number of amides is 1. The summed E-state index contributed by atoms with van der Waals surface area (Å²) in [4.78, 5) is 34.1. The van der Waals surface area contributed by atoms with E-state index in [-0.39, 0.29) is 22.7 Å². The predicted molar refractivity (Wildman–Crippen MR) is 110 cm³/mol. The maximum atomic E-state index is 13.2. The smallest absolute Gasteiger partial charge is 0.298 e. The Morgan fingerprint density at radius 3 is 2.61 bits per heavy atom. The number of nitrogens with zero attached hydrogens (tertiary/aromatic N) is 4. The molecular weight excluding hydrogens is 378 g/mol. The Balaban J connectivity index is 1.72. The van der Waals surface area contributed by atoms with Gasteiger partial charge in [-0.25, -0.2) is 4.98 Å². The van der Waals surface area contributed by atoms with Crippen molar-refractivity contribution in [1.82, 2.24) is 19.8 Å². The largest absolute Gasteiger partial charge is 0.349 e. The van der Waals surface area contributed by atoms with Gasteiger partial charge in [-0.15, -0.1) is 0 Å². The zero-order valence-electron chi connectivity index (χ0n) is 16.1. The number of aromatic nitrogens is 2. The van der Waals surface area contributed by atoms with E-state index in [1.807, 2.05) is 17.9 Å². The molecule has 1 saturated heterocycles. The van der Waals surface area contributed by atoms with Gasteiger partial charge in [-0.05, 0) is 44.5 Å². The minimum absolute atomic E-state index is 0.115. The molecule has 0 bridgehead atoms. The summed E-state index contributed by atoms with van der Waals surface area (Å²) in [6.07, 6.45) is 3.57. The van der Waals surface area contributed by atoms with E-state index in [1.54, 1.807) is 12.1 Å². The van der Waals surface area contributed by atoms with Crippen LogP contribution in [0.15, 0.2) is 29.2 Å². The van der Waals surface area contributed by atoms with Crippen molar-refractivity contribution >= 4 is 23.3 Å². The fourth-order valence-electron chi connectivity index (χ4n) is 3.36. The van der Waals surface area contributed by atoms with E-state index in [0.29, 0.717) is 17.1 Å². The van der Waals surface area contributed by atoms with Crippen LogP contribution in [0.4, 0.5) is 5.82 Å². The lowest BCUT2D eigenvalue weighted by Gasteiger charge is -2.32. The monoisotopic (exact) mass is 401 g/mol. The van der Waals surface area contributed by atoms with Crippen LogP contribution in [0.1, 0.15) is 28.8 Å². The van der Waals surface area contributed by atoms with Crippen LogP contribution in [-0.2, 0) is 0 Å². The number of halogens is 1. The first-order chi connectivity index (χ1) is 13.4. The van der Waals surface area contributed by atoms with Crippen molar-refractivity contribution in [2.45, 2.75) is 25.8 Å². The number of rotatable bonds is 4. The Bertz CT molecular complexity index is 962. The van der Waals surface area contributed by atoms with E-state index < -0.39 is 0 Å². The fraction of sp³-hybridized carbons (Fsp3) is 0.450. The van der Waals surface area contributed by atoms with E-state index in [0.717, 1.165) is 44.6 Å². The Kier molecular flexibility index (Phi) is 5.12. The number of nitrogens with one attached hydrogen (secondary N) is 1. The Hall–Kier alpha value is -2.38. The first-order valence-electron chi connectivity index (χ1n) is 9.57. The lowest BCUT2D eigenvalue weighted by molar-refractivity contribution is 0.0951. The standard InChI is InChI=1S/C20H24ClN5O2/c1-13-3-4-14(19(27)22-15-5-6-15)11-16(13)26-12-17(21)23-18(20(26)28)25-9-7-24(2)8-10-25/h3-4,11-12,15H,5-10H2,1-2H3,(H,22,27). The molecule has 0 atom stereocenters. The maximum absolute atomic E-state index is 13.2.